The molecule has 5 nitrogen and oxygen atoms in total. The Morgan fingerprint density at radius 1 is 1.60 bits per heavy atom. The van der Waals surface area contributed by atoms with Crippen LogP contribution in [0.1, 0.15) is 12.8 Å². The van der Waals surface area contributed by atoms with Crippen LogP contribution in [0.3, 0.4) is 0 Å². The van der Waals surface area contributed by atoms with E-state index in [-0.39, 0.29) is 11.9 Å². The predicted molar refractivity (Wildman–Crippen MR) is 53.0 cm³/mol. The fourth-order valence-corrected chi connectivity index (χ4v) is 2.04. The van der Waals surface area contributed by atoms with Gasteiger partial charge in [0.2, 0.25) is 5.91 Å². The molecule has 0 spiro atoms. The van der Waals surface area contributed by atoms with Crippen molar-refractivity contribution in [1.82, 2.24) is 10.2 Å². The van der Waals surface area contributed by atoms with Crippen molar-refractivity contribution >= 4 is 5.91 Å². The van der Waals surface area contributed by atoms with E-state index in [1.807, 2.05) is 6.07 Å². The van der Waals surface area contributed by atoms with Crippen molar-refractivity contribution in [2.24, 2.45) is 0 Å². The number of ether oxygens (including phenoxy) is 1. The third kappa shape index (κ3) is 2.28. The maximum atomic E-state index is 12.0. The van der Waals surface area contributed by atoms with Crippen LogP contribution in [-0.4, -0.2) is 49.2 Å². The second-order valence-corrected chi connectivity index (χ2v) is 3.92. The molecule has 1 unspecified atom stereocenters. The number of morpholine rings is 1. The summed E-state index contributed by atoms with van der Waals surface area (Å²) in [5.41, 5.74) is 0. The molecule has 0 saturated carbocycles. The lowest BCUT2D eigenvalue weighted by Crippen LogP contribution is -2.50. The van der Waals surface area contributed by atoms with Crippen molar-refractivity contribution < 1.29 is 9.53 Å². The highest BCUT2D eigenvalue weighted by Crippen LogP contribution is 2.11. The van der Waals surface area contributed by atoms with Crippen LogP contribution in [0.5, 0.6) is 0 Å². The Kier molecular flexibility index (Phi) is 3.19. The summed E-state index contributed by atoms with van der Waals surface area (Å²) in [5.74, 6) is 0.121. The zero-order valence-corrected chi connectivity index (χ0v) is 8.61. The van der Waals surface area contributed by atoms with Crippen molar-refractivity contribution in [1.29, 1.82) is 5.26 Å². The van der Waals surface area contributed by atoms with E-state index in [0.29, 0.717) is 19.7 Å². The molecule has 0 aromatic rings. The summed E-state index contributed by atoms with van der Waals surface area (Å²) >= 11 is 0. The first-order valence-electron chi connectivity index (χ1n) is 5.34. The van der Waals surface area contributed by atoms with Gasteiger partial charge < -0.3 is 15.0 Å². The number of rotatable bonds is 1. The maximum Gasteiger partial charge on any atom is 0.239 e. The minimum absolute atomic E-state index is 0.0394. The van der Waals surface area contributed by atoms with Gasteiger partial charge in [0.25, 0.3) is 0 Å². The molecule has 15 heavy (non-hydrogen) atoms. The second kappa shape index (κ2) is 4.60. The minimum Gasteiger partial charge on any atom is -0.360 e. The van der Waals surface area contributed by atoms with E-state index < -0.39 is 6.10 Å². The Hall–Kier alpha value is -1.12. The van der Waals surface area contributed by atoms with Gasteiger partial charge in [-0.2, -0.15) is 5.26 Å². The smallest absolute Gasteiger partial charge is 0.239 e. The Labute approximate surface area is 89.0 Å². The standard InChI is InChI=1S/C10H15N3O2/c11-6-8-7-13(4-5-15-8)10(14)9-2-1-3-12-9/h8-9,12H,1-5,7H2/t8?,9-/m1/s1. The molecular formula is C10H15N3O2. The number of nitrogens with one attached hydrogen (secondary N) is 1. The highest BCUT2D eigenvalue weighted by Gasteiger charge is 2.30. The first-order valence-corrected chi connectivity index (χ1v) is 5.34. The van der Waals surface area contributed by atoms with Crippen LogP contribution in [0.2, 0.25) is 0 Å². The van der Waals surface area contributed by atoms with Gasteiger partial charge in [-0.3, -0.25) is 4.79 Å². The molecule has 2 saturated heterocycles. The summed E-state index contributed by atoms with van der Waals surface area (Å²) in [6.45, 7) is 2.40. The van der Waals surface area contributed by atoms with E-state index in [9.17, 15) is 4.79 Å². The van der Waals surface area contributed by atoms with Gasteiger partial charge in [-0.15, -0.1) is 0 Å². The van der Waals surface area contributed by atoms with E-state index in [4.69, 9.17) is 10.00 Å². The monoisotopic (exact) mass is 209 g/mol. The largest absolute Gasteiger partial charge is 0.360 e. The normalized spacial score (nSPS) is 31.3. The first-order chi connectivity index (χ1) is 7.31. The molecular weight excluding hydrogens is 194 g/mol. The van der Waals surface area contributed by atoms with Crippen LogP contribution in [-0.2, 0) is 9.53 Å². The Morgan fingerprint density at radius 2 is 2.47 bits per heavy atom. The average molecular weight is 209 g/mol. The third-order valence-corrected chi connectivity index (χ3v) is 2.88. The lowest BCUT2D eigenvalue weighted by Gasteiger charge is -2.31. The number of nitriles is 1. The lowest BCUT2D eigenvalue weighted by atomic mass is 10.2. The van der Waals surface area contributed by atoms with Crippen LogP contribution in [0, 0.1) is 11.3 Å². The Morgan fingerprint density at radius 3 is 3.13 bits per heavy atom. The lowest BCUT2D eigenvalue weighted by molar-refractivity contribution is -0.138. The van der Waals surface area contributed by atoms with Crippen molar-refractivity contribution in [2.75, 3.05) is 26.2 Å². The molecule has 0 aromatic heterocycles. The number of carbonyl (C=O) groups is 1. The zero-order chi connectivity index (χ0) is 10.7. The summed E-state index contributed by atoms with van der Waals surface area (Å²) in [5, 5.41) is 11.9. The van der Waals surface area contributed by atoms with Gasteiger partial charge in [-0.1, -0.05) is 0 Å². The summed E-state index contributed by atoms with van der Waals surface area (Å²) in [7, 11) is 0. The van der Waals surface area contributed by atoms with E-state index >= 15 is 0 Å². The highest BCUT2D eigenvalue weighted by molar-refractivity contribution is 5.82. The van der Waals surface area contributed by atoms with Crippen LogP contribution in [0.25, 0.3) is 0 Å². The first kappa shape index (κ1) is 10.4. The van der Waals surface area contributed by atoms with E-state index in [2.05, 4.69) is 5.32 Å². The third-order valence-electron chi connectivity index (χ3n) is 2.88. The van der Waals surface area contributed by atoms with Gasteiger partial charge in [0.05, 0.1) is 25.3 Å². The van der Waals surface area contributed by atoms with Gasteiger partial charge in [0.15, 0.2) is 6.10 Å². The molecule has 2 rings (SSSR count). The molecule has 2 aliphatic heterocycles. The Balaban J connectivity index is 1.92. The molecule has 0 radical (unpaired) electrons. The second-order valence-electron chi connectivity index (χ2n) is 3.92. The van der Waals surface area contributed by atoms with Gasteiger partial charge in [0.1, 0.15) is 0 Å². The molecule has 2 atom stereocenters. The van der Waals surface area contributed by atoms with Crippen LogP contribution in [0.15, 0.2) is 0 Å². The van der Waals surface area contributed by atoms with Crippen molar-refractivity contribution in [2.45, 2.75) is 25.0 Å². The van der Waals surface area contributed by atoms with Crippen molar-refractivity contribution in [3.63, 3.8) is 0 Å². The minimum atomic E-state index is -0.455. The van der Waals surface area contributed by atoms with E-state index in [1.54, 1.807) is 4.90 Å². The number of hydrogen-bond acceptors (Lipinski definition) is 4. The molecule has 82 valence electrons. The van der Waals surface area contributed by atoms with Crippen molar-refractivity contribution in [3.05, 3.63) is 0 Å². The molecule has 0 aliphatic carbocycles. The summed E-state index contributed by atoms with van der Waals surface area (Å²) in [4.78, 5) is 13.7. The molecule has 2 aliphatic rings. The van der Waals surface area contributed by atoms with Crippen LogP contribution < -0.4 is 5.32 Å². The van der Waals surface area contributed by atoms with Crippen LogP contribution >= 0.6 is 0 Å². The molecule has 2 heterocycles. The number of nitrogens with zero attached hydrogens (tertiary/aromatic N) is 2. The van der Waals surface area contributed by atoms with E-state index in [1.165, 1.54) is 0 Å². The van der Waals surface area contributed by atoms with Crippen LogP contribution in [0.4, 0.5) is 0 Å². The average Bonchev–Trinajstić information content (AvgIpc) is 2.81. The van der Waals surface area contributed by atoms with Gasteiger partial charge in [-0.25, -0.2) is 0 Å². The SMILES string of the molecule is N#CC1CN(C(=O)[C@H]2CCCN2)CCO1. The summed E-state index contributed by atoms with van der Waals surface area (Å²) in [6.07, 6.45) is 1.51. The number of carbonyl (C=O) groups excluding carboxylic acids is 1. The zero-order valence-electron chi connectivity index (χ0n) is 8.61. The predicted octanol–water partition coefficient (Wildman–Crippen LogP) is -0.511. The molecule has 1 N–H and O–H groups in total. The molecule has 5 heteroatoms. The van der Waals surface area contributed by atoms with E-state index in [0.717, 1.165) is 19.4 Å². The summed E-state index contributed by atoms with van der Waals surface area (Å²) in [6, 6.07) is 2.00. The fraction of sp³-hybridized carbons (Fsp3) is 0.800. The van der Waals surface area contributed by atoms with Crippen molar-refractivity contribution in [3.8, 4) is 6.07 Å². The topological polar surface area (TPSA) is 65.4 Å². The van der Waals surface area contributed by atoms with Gasteiger partial charge >= 0.3 is 0 Å². The fourth-order valence-electron chi connectivity index (χ4n) is 2.04. The Bertz CT molecular complexity index is 281. The summed E-state index contributed by atoms with van der Waals surface area (Å²) < 4.78 is 5.19. The molecule has 0 aromatic carbocycles. The molecule has 2 fully saturated rings. The number of hydrogen-bond donors (Lipinski definition) is 1. The van der Waals surface area contributed by atoms with Gasteiger partial charge in [0, 0.05) is 6.54 Å². The maximum absolute atomic E-state index is 12.0. The number of amides is 1. The molecule has 0 bridgehead atoms. The molecule has 1 amide bonds. The van der Waals surface area contributed by atoms with Gasteiger partial charge in [-0.05, 0) is 19.4 Å². The highest BCUT2D eigenvalue weighted by atomic mass is 16.5. The quantitative estimate of drug-likeness (QED) is 0.631.